The Morgan fingerprint density at radius 2 is 2.11 bits per heavy atom. The quantitative estimate of drug-likeness (QED) is 0.359. The third-order valence-electron chi connectivity index (χ3n) is 4.31. The summed E-state index contributed by atoms with van der Waals surface area (Å²) in [4.78, 5) is 4.60. The first-order chi connectivity index (χ1) is 13.2. The second-order valence-corrected chi connectivity index (χ2v) is 6.51. The molecule has 1 atom stereocenters. The molecule has 148 valence electrons. The van der Waals surface area contributed by atoms with Crippen molar-refractivity contribution < 1.29 is 4.74 Å². The number of ether oxygens (including phenoxy) is 1. The van der Waals surface area contributed by atoms with Crippen molar-refractivity contribution in [1.29, 1.82) is 0 Å². The number of hydrogen-bond acceptors (Lipinski definition) is 4. The minimum Gasteiger partial charge on any atom is -0.383 e. The molecule has 0 amide bonds. The zero-order chi connectivity index (χ0) is 19.3. The number of guanidine groups is 1. The first kappa shape index (κ1) is 20.9. The SMILES string of the molecule is CCc1nncn1CCNC(=NCCOC)NC(C)CCc1ccccc1. The Balaban J connectivity index is 1.82. The molecule has 0 fully saturated rings. The summed E-state index contributed by atoms with van der Waals surface area (Å²) in [6.07, 6.45) is 4.74. The molecule has 2 aromatic rings. The molecule has 1 aromatic heterocycles. The van der Waals surface area contributed by atoms with Crippen LogP contribution >= 0.6 is 0 Å². The fourth-order valence-corrected chi connectivity index (χ4v) is 2.77. The van der Waals surface area contributed by atoms with Crippen molar-refractivity contribution in [3.8, 4) is 0 Å². The molecule has 0 saturated heterocycles. The summed E-state index contributed by atoms with van der Waals surface area (Å²) in [5.41, 5.74) is 1.36. The van der Waals surface area contributed by atoms with Crippen molar-refractivity contribution in [2.24, 2.45) is 4.99 Å². The van der Waals surface area contributed by atoms with E-state index in [9.17, 15) is 0 Å². The summed E-state index contributed by atoms with van der Waals surface area (Å²) in [6, 6.07) is 10.9. The lowest BCUT2D eigenvalue weighted by Crippen LogP contribution is -2.43. The van der Waals surface area contributed by atoms with Gasteiger partial charge in [0.1, 0.15) is 12.2 Å². The highest BCUT2D eigenvalue weighted by atomic mass is 16.5. The maximum absolute atomic E-state index is 5.11. The third-order valence-corrected chi connectivity index (χ3v) is 4.31. The lowest BCUT2D eigenvalue weighted by molar-refractivity contribution is 0.208. The van der Waals surface area contributed by atoms with Crippen molar-refractivity contribution in [1.82, 2.24) is 25.4 Å². The molecular formula is C20H32N6O. The van der Waals surface area contributed by atoms with E-state index in [2.05, 4.69) is 74.6 Å². The van der Waals surface area contributed by atoms with Gasteiger partial charge in [-0.05, 0) is 25.3 Å². The maximum Gasteiger partial charge on any atom is 0.191 e. The lowest BCUT2D eigenvalue weighted by atomic mass is 10.1. The maximum atomic E-state index is 5.11. The van der Waals surface area contributed by atoms with Gasteiger partial charge in [0.25, 0.3) is 0 Å². The predicted octanol–water partition coefficient (Wildman–Crippen LogP) is 2.04. The van der Waals surface area contributed by atoms with E-state index in [4.69, 9.17) is 4.74 Å². The summed E-state index contributed by atoms with van der Waals surface area (Å²) >= 11 is 0. The molecule has 0 bridgehead atoms. The summed E-state index contributed by atoms with van der Waals surface area (Å²) < 4.78 is 7.18. The first-order valence-corrected chi connectivity index (χ1v) is 9.67. The molecule has 2 rings (SSSR count). The second-order valence-electron chi connectivity index (χ2n) is 6.51. The van der Waals surface area contributed by atoms with Crippen molar-refractivity contribution in [3.05, 3.63) is 48.0 Å². The number of aliphatic imine (C=N–C) groups is 1. The molecule has 7 heteroatoms. The van der Waals surface area contributed by atoms with Crippen LogP contribution in [0.5, 0.6) is 0 Å². The number of methoxy groups -OCH3 is 1. The van der Waals surface area contributed by atoms with Gasteiger partial charge < -0.3 is 19.9 Å². The predicted molar refractivity (Wildman–Crippen MR) is 109 cm³/mol. The van der Waals surface area contributed by atoms with Crippen LogP contribution in [0.1, 0.15) is 31.7 Å². The standard InChI is InChI=1S/C20H32N6O/c1-4-19-25-23-16-26(19)14-12-21-20(22-13-15-27-3)24-17(2)10-11-18-8-6-5-7-9-18/h5-9,16-17H,4,10-15H2,1-3H3,(H2,21,22,24). The number of hydrogen-bond donors (Lipinski definition) is 2. The molecule has 0 saturated carbocycles. The van der Waals surface area contributed by atoms with Gasteiger partial charge in [0.05, 0.1) is 13.2 Å². The largest absolute Gasteiger partial charge is 0.383 e. The van der Waals surface area contributed by atoms with E-state index >= 15 is 0 Å². The molecule has 0 spiro atoms. The van der Waals surface area contributed by atoms with Crippen molar-refractivity contribution in [2.45, 2.75) is 45.7 Å². The molecule has 1 aromatic carbocycles. The van der Waals surface area contributed by atoms with E-state index in [0.29, 0.717) is 19.2 Å². The van der Waals surface area contributed by atoms with Crippen molar-refractivity contribution in [2.75, 3.05) is 26.8 Å². The van der Waals surface area contributed by atoms with Crippen LogP contribution in [0, 0.1) is 0 Å². The molecule has 0 aliphatic rings. The van der Waals surface area contributed by atoms with Gasteiger partial charge in [0, 0.05) is 32.7 Å². The van der Waals surface area contributed by atoms with E-state index in [1.54, 1.807) is 13.4 Å². The van der Waals surface area contributed by atoms with E-state index in [-0.39, 0.29) is 0 Å². The van der Waals surface area contributed by atoms with Crippen LogP contribution in [0.15, 0.2) is 41.7 Å². The highest BCUT2D eigenvalue weighted by molar-refractivity contribution is 5.80. The molecule has 7 nitrogen and oxygen atoms in total. The van der Waals surface area contributed by atoms with Gasteiger partial charge in [-0.3, -0.25) is 4.99 Å². The summed E-state index contributed by atoms with van der Waals surface area (Å²) in [5.74, 6) is 1.82. The smallest absolute Gasteiger partial charge is 0.191 e. The van der Waals surface area contributed by atoms with Gasteiger partial charge in [-0.2, -0.15) is 0 Å². The lowest BCUT2D eigenvalue weighted by Gasteiger charge is -2.19. The minimum atomic E-state index is 0.320. The Labute approximate surface area is 162 Å². The van der Waals surface area contributed by atoms with Crippen LogP contribution in [-0.2, 0) is 24.1 Å². The highest BCUT2D eigenvalue weighted by Gasteiger charge is 2.07. The zero-order valence-corrected chi connectivity index (χ0v) is 16.7. The summed E-state index contributed by atoms with van der Waals surface area (Å²) in [5, 5.41) is 15.0. The normalized spacial score (nSPS) is 12.8. The molecule has 2 N–H and O–H groups in total. The Morgan fingerprint density at radius 1 is 1.30 bits per heavy atom. The van der Waals surface area contributed by atoms with Gasteiger partial charge in [0.2, 0.25) is 0 Å². The number of benzene rings is 1. The van der Waals surface area contributed by atoms with Crippen LogP contribution in [0.2, 0.25) is 0 Å². The fraction of sp³-hybridized carbons (Fsp3) is 0.550. The van der Waals surface area contributed by atoms with Crippen molar-refractivity contribution >= 4 is 5.96 Å². The fourth-order valence-electron chi connectivity index (χ4n) is 2.77. The van der Waals surface area contributed by atoms with E-state index in [1.807, 2.05) is 0 Å². The second kappa shape index (κ2) is 12.1. The summed E-state index contributed by atoms with van der Waals surface area (Å²) in [7, 11) is 1.69. The number of nitrogens with one attached hydrogen (secondary N) is 2. The number of rotatable bonds is 11. The minimum absolute atomic E-state index is 0.320. The molecule has 0 radical (unpaired) electrons. The van der Waals surface area contributed by atoms with Crippen LogP contribution in [-0.4, -0.2) is 53.6 Å². The van der Waals surface area contributed by atoms with Gasteiger partial charge in [-0.1, -0.05) is 37.3 Å². The third kappa shape index (κ3) is 7.78. The molecule has 27 heavy (non-hydrogen) atoms. The average Bonchev–Trinajstić information content (AvgIpc) is 3.15. The van der Waals surface area contributed by atoms with Gasteiger partial charge in [-0.25, -0.2) is 0 Å². The topological polar surface area (TPSA) is 76.4 Å². The Bertz CT molecular complexity index is 670. The van der Waals surface area contributed by atoms with E-state index < -0.39 is 0 Å². The van der Waals surface area contributed by atoms with E-state index in [1.165, 1.54) is 5.56 Å². The zero-order valence-electron chi connectivity index (χ0n) is 16.7. The Hall–Kier alpha value is -2.41. The van der Waals surface area contributed by atoms with Crippen LogP contribution in [0.25, 0.3) is 0 Å². The van der Waals surface area contributed by atoms with Gasteiger partial charge >= 0.3 is 0 Å². The Morgan fingerprint density at radius 3 is 2.85 bits per heavy atom. The number of aromatic nitrogens is 3. The van der Waals surface area contributed by atoms with Gasteiger partial charge in [0.15, 0.2) is 5.96 Å². The van der Waals surface area contributed by atoms with Gasteiger partial charge in [-0.15, -0.1) is 10.2 Å². The molecule has 0 aliphatic heterocycles. The molecular weight excluding hydrogens is 340 g/mol. The first-order valence-electron chi connectivity index (χ1n) is 9.67. The summed E-state index contributed by atoms with van der Waals surface area (Å²) in [6.45, 7) is 7.07. The monoisotopic (exact) mass is 372 g/mol. The average molecular weight is 373 g/mol. The van der Waals surface area contributed by atoms with Crippen molar-refractivity contribution in [3.63, 3.8) is 0 Å². The molecule has 0 aliphatic carbocycles. The van der Waals surface area contributed by atoms with Crippen LogP contribution < -0.4 is 10.6 Å². The number of aryl methyl sites for hydroxylation is 2. The van der Waals surface area contributed by atoms with Crippen LogP contribution in [0.4, 0.5) is 0 Å². The molecule has 1 heterocycles. The van der Waals surface area contributed by atoms with Crippen LogP contribution in [0.3, 0.4) is 0 Å². The van der Waals surface area contributed by atoms with E-state index in [0.717, 1.165) is 44.1 Å². The molecule has 1 unspecified atom stereocenters. The number of nitrogens with zero attached hydrogens (tertiary/aromatic N) is 4. The highest BCUT2D eigenvalue weighted by Crippen LogP contribution is 2.04. The Kier molecular flexibility index (Phi) is 9.34.